The van der Waals surface area contributed by atoms with E-state index in [-0.39, 0.29) is 18.4 Å². The number of benzene rings is 1. The van der Waals surface area contributed by atoms with E-state index in [4.69, 9.17) is 0 Å². The van der Waals surface area contributed by atoms with E-state index in [0.717, 1.165) is 30.5 Å². The van der Waals surface area contributed by atoms with E-state index < -0.39 is 0 Å². The van der Waals surface area contributed by atoms with Crippen molar-refractivity contribution in [2.75, 3.05) is 11.9 Å². The number of aromatic nitrogens is 2. The Hall–Kier alpha value is -3.13. The van der Waals surface area contributed by atoms with E-state index in [1.54, 1.807) is 22.9 Å². The molecule has 2 N–H and O–H groups in total. The first-order chi connectivity index (χ1) is 15.5. The molecule has 0 bridgehead atoms. The largest absolute Gasteiger partial charge is 0.402 e. The van der Waals surface area contributed by atoms with Crippen LogP contribution < -0.4 is 10.6 Å². The average Bonchev–Trinajstić information content (AvgIpc) is 3.47. The summed E-state index contributed by atoms with van der Waals surface area (Å²) in [7, 11) is 1.84. The van der Waals surface area contributed by atoms with Gasteiger partial charge in [-0.25, -0.2) is 4.98 Å². The highest BCUT2D eigenvalue weighted by molar-refractivity contribution is 7.14. The summed E-state index contributed by atoms with van der Waals surface area (Å²) in [4.78, 5) is 29.0. The molecule has 3 aromatic rings. The van der Waals surface area contributed by atoms with Gasteiger partial charge in [0.25, 0.3) is 5.91 Å². The number of hydrogen-bond donors (Lipinski definition) is 2. The van der Waals surface area contributed by atoms with Crippen molar-refractivity contribution in [1.29, 1.82) is 0 Å². The predicted octanol–water partition coefficient (Wildman–Crippen LogP) is 5.09. The second kappa shape index (κ2) is 11.5. The van der Waals surface area contributed by atoms with Crippen LogP contribution in [-0.4, -0.2) is 35.2 Å². The van der Waals surface area contributed by atoms with Crippen molar-refractivity contribution >= 4 is 41.3 Å². The molecule has 1 radical (unpaired) electrons. The number of thiazole rings is 1. The Labute approximate surface area is 194 Å². The molecule has 8 heteroatoms. The van der Waals surface area contributed by atoms with Crippen molar-refractivity contribution < 1.29 is 9.59 Å². The second-order valence-electron chi connectivity index (χ2n) is 7.34. The summed E-state index contributed by atoms with van der Waals surface area (Å²) in [5.74, 6) is -0.606. The van der Waals surface area contributed by atoms with Crippen molar-refractivity contribution in [2.45, 2.75) is 39.9 Å². The predicted molar refractivity (Wildman–Crippen MR) is 133 cm³/mol. The van der Waals surface area contributed by atoms with Crippen LogP contribution in [0.25, 0.3) is 16.8 Å². The van der Waals surface area contributed by atoms with Gasteiger partial charge in [0.1, 0.15) is 0 Å². The molecule has 0 aliphatic carbocycles. The molecule has 0 aliphatic rings. The third kappa shape index (κ3) is 6.20. The molecule has 0 fully saturated rings. The minimum absolute atomic E-state index is 0.119. The zero-order valence-corrected chi connectivity index (χ0v) is 19.5. The summed E-state index contributed by atoms with van der Waals surface area (Å²) in [5, 5.41) is 7.83. The highest BCUT2D eigenvalue weighted by Gasteiger charge is 2.12. The summed E-state index contributed by atoms with van der Waals surface area (Å²) in [6.07, 6.45) is 8.91. The summed E-state index contributed by atoms with van der Waals surface area (Å²) >= 11 is 1.37. The average molecular weight is 447 g/mol. The number of rotatable bonds is 10. The Morgan fingerprint density at radius 1 is 1.22 bits per heavy atom. The molecule has 0 spiro atoms. The molecule has 2 amide bonds. The maximum atomic E-state index is 12.3. The minimum atomic E-state index is -0.314. The normalized spacial score (nSPS) is 11.3. The smallest absolute Gasteiger partial charge is 0.253 e. The van der Waals surface area contributed by atoms with Gasteiger partial charge >= 0.3 is 0 Å². The highest BCUT2D eigenvalue weighted by atomic mass is 32.1. The third-order valence-electron chi connectivity index (χ3n) is 4.93. The van der Waals surface area contributed by atoms with Gasteiger partial charge in [0, 0.05) is 17.1 Å². The number of nitrogens with zero attached hydrogens (tertiary/aromatic N) is 2. The zero-order chi connectivity index (χ0) is 22.9. The Morgan fingerprint density at radius 3 is 2.78 bits per heavy atom. The number of hydrogen-bond acceptors (Lipinski definition) is 4. The first-order valence-electron chi connectivity index (χ1n) is 10.8. The lowest BCUT2D eigenvalue weighted by molar-refractivity contribution is -0.115. The molecular weight excluding hydrogens is 419 g/mol. The zero-order valence-electron chi connectivity index (χ0n) is 18.7. The topological polar surface area (TPSA) is 76.0 Å². The van der Waals surface area contributed by atoms with Crippen LogP contribution in [0.2, 0.25) is 6.82 Å². The maximum absolute atomic E-state index is 12.3. The van der Waals surface area contributed by atoms with Gasteiger partial charge in [-0.1, -0.05) is 51.4 Å². The van der Waals surface area contributed by atoms with Crippen LogP contribution >= 0.6 is 11.3 Å². The van der Waals surface area contributed by atoms with Gasteiger partial charge in [0.05, 0.1) is 17.8 Å². The Morgan fingerprint density at radius 2 is 2.06 bits per heavy atom. The second-order valence-corrected chi connectivity index (χ2v) is 8.20. The fourth-order valence-electron chi connectivity index (χ4n) is 3.36. The van der Waals surface area contributed by atoms with Gasteiger partial charge in [-0.2, -0.15) is 0 Å². The van der Waals surface area contributed by atoms with Crippen LogP contribution in [0.5, 0.6) is 0 Å². The van der Waals surface area contributed by atoms with E-state index in [9.17, 15) is 9.59 Å². The molecule has 1 aromatic carbocycles. The molecule has 0 saturated carbocycles. The number of carbonyl (C=O) groups is 2. The Balaban J connectivity index is 1.61. The van der Waals surface area contributed by atoms with Gasteiger partial charge in [0.2, 0.25) is 13.3 Å². The highest BCUT2D eigenvalue weighted by Crippen LogP contribution is 2.29. The third-order valence-corrected chi connectivity index (χ3v) is 5.69. The Bertz CT molecular complexity index is 1100. The molecule has 2 aromatic heterocycles. The molecule has 6 nitrogen and oxygen atoms in total. The first-order valence-corrected chi connectivity index (χ1v) is 11.7. The maximum Gasteiger partial charge on any atom is 0.253 e. The molecule has 165 valence electrons. The fourth-order valence-corrected chi connectivity index (χ4v) is 4.09. The van der Waals surface area contributed by atoms with Gasteiger partial charge in [-0.3, -0.25) is 9.59 Å². The molecule has 0 atom stereocenters. The molecule has 32 heavy (non-hydrogen) atoms. The van der Waals surface area contributed by atoms with Crippen LogP contribution in [0, 0.1) is 0 Å². The monoisotopic (exact) mass is 447 g/mol. The summed E-state index contributed by atoms with van der Waals surface area (Å²) in [6.45, 7) is 6.09. The molecule has 2 heterocycles. The van der Waals surface area contributed by atoms with Crippen LogP contribution in [0.3, 0.4) is 0 Å². The van der Waals surface area contributed by atoms with Crippen molar-refractivity contribution in [3.05, 3.63) is 65.3 Å². The standard InChI is InChI=1S/C24H28BN4O2S/c1-4-7-17(8-5-2)18-9-6-10-19(13-18)21-16-32-24(27-21)28-22(30)14-26-23(31)20-11-12-29(15-20)25-3/h6-7,9-13,15-16H,4-5,8,14H2,1-3H3,(H,26,31)(H,27,28,30)/b17-7+. The van der Waals surface area contributed by atoms with Crippen LogP contribution in [-0.2, 0) is 4.79 Å². The van der Waals surface area contributed by atoms with Crippen LogP contribution in [0.1, 0.15) is 49.0 Å². The van der Waals surface area contributed by atoms with Crippen molar-refractivity contribution in [2.24, 2.45) is 0 Å². The van der Waals surface area contributed by atoms with Crippen LogP contribution in [0.4, 0.5) is 5.13 Å². The quantitative estimate of drug-likeness (QED) is 0.425. The number of carbonyl (C=O) groups excluding carboxylic acids is 2. The SMILES string of the molecule is C[B]n1ccc(C(=O)NCC(=O)Nc2nc(-c3cccc(/C(=C/CC)CCC)c3)cs2)c1. The Kier molecular flexibility index (Phi) is 8.44. The summed E-state index contributed by atoms with van der Waals surface area (Å²) in [6, 6.07) is 10.1. The van der Waals surface area contributed by atoms with Gasteiger partial charge in [-0.15, -0.1) is 11.3 Å². The molecular formula is C24H28BN4O2S. The summed E-state index contributed by atoms with van der Waals surface area (Å²) in [5.41, 5.74) is 4.90. The van der Waals surface area contributed by atoms with E-state index in [0.29, 0.717) is 10.7 Å². The molecule has 0 saturated heterocycles. The number of nitrogens with one attached hydrogen (secondary N) is 2. The lowest BCUT2D eigenvalue weighted by Crippen LogP contribution is -2.32. The number of allylic oxidation sites excluding steroid dienone is 2. The fraction of sp³-hybridized carbons (Fsp3) is 0.292. The number of anilines is 1. The van der Waals surface area contributed by atoms with Crippen molar-refractivity contribution in [1.82, 2.24) is 14.8 Å². The molecule has 0 aliphatic heterocycles. The lowest BCUT2D eigenvalue weighted by Gasteiger charge is -2.08. The minimum Gasteiger partial charge on any atom is -0.402 e. The van der Waals surface area contributed by atoms with E-state index in [1.165, 1.54) is 22.5 Å². The summed E-state index contributed by atoms with van der Waals surface area (Å²) < 4.78 is 1.78. The van der Waals surface area contributed by atoms with Gasteiger partial charge in [-0.05, 0) is 42.3 Å². The van der Waals surface area contributed by atoms with Crippen molar-refractivity contribution in [3.8, 4) is 11.3 Å². The van der Waals surface area contributed by atoms with E-state index in [1.807, 2.05) is 31.8 Å². The van der Waals surface area contributed by atoms with Gasteiger partial charge < -0.3 is 15.1 Å². The lowest BCUT2D eigenvalue weighted by atomic mass is 9.98. The van der Waals surface area contributed by atoms with Crippen molar-refractivity contribution in [3.63, 3.8) is 0 Å². The first kappa shape index (κ1) is 23.5. The van der Waals surface area contributed by atoms with E-state index in [2.05, 4.69) is 47.7 Å². The molecule has 0 unspecified atom stereocenters. The van der Waals surface area contributed by atoms with Gasteiger partial charge in [0.15, 0.2) is 5.13 Å². The number of amides is 2. The van der Waals surface area contributed by atoms with E-state index >= 15 is 0 Å². The molecule has 3 rings (SSSR count). The van der Waals surface area contributed by atoms with Crippen LogP contribution in [0.15, 0.2) is 54.2 Å².